The van der Waals surface area contributed by atoms with Crippen LogP contribution in [0.1, 0.15) is 18.1 Å². The molecular formula is C18H12I2N2O5. The smallest absolute Gasteiger partial charge is 0.363 e. The molecule has 0 atom stereocenters. The van der Waals surface area contributed by atoms with E-state index in [1.165, 1.54) is 18.2 Å². The van der Waals surface area contributed by atoms with Gasteiger partial charge in [0, 0.05) is 17.7 Å². The number of hydrogen-bond acceptors (Lipinski definition) is 6. The molecule has 0 saturated heterocycles. The molecule has 7 nitrogen and oxygen atoms in total. The lowest BCUT2D eigenvalue weighted by Crippen LogP contribution is -2.05. The Morgan fingerprint density at radius 2 is 1.96 bits per heavy atom. The molecule has 2 aromatic carbocycles. The van der Waals surface area contributed by atoms with Gasteiger partial charge in [-0.05, 0) is 81.9 Å². The van der Waals surface area contributed by atoms with Crippen molar-refractivity contribution in [3.63, 3.8) is 0 Å². The van der Waals surface area contributed by atoms with Crippen LogP contribution in [0.25, 0.3) is 6.08 Å². The first kappa shape index (κ1) is 19.7. The van der Waals surface area contributed by atoms with Gasteiger partial charge in [-0.2, -0.15) is 0 Å². The second-order valence-electron chi connectivity index (χ2n) is 5.39. The second-order valence-corrected chi connectivity index (χ2v) is 7.71. The van der Waals surface area contributed by atoms with E-state index in [2.05, 4.69) is 50.2 Å². The third-order valence-corrected chi connectivity index (χ3v) is 5.14. The summed E-state index contributed by atoms with van der Waals surface area (Å²) in [6, 6.07) is 9.57. The lowest BCUT2D eigenvalue weighted by atomic mass is 10.2. The fraction of sp³-hybridized carbons (Fsp3) is 0.111. The highest BCUT2D eigenvalue weighted by Gasteiger charge is 2.25. The summed E-state index contributed by atoms with van der Waals surface area (Å²) >= 11 is 4.35. The maximum Gasteiger partial charge on any atom is 0.363 e. The van der Waals surface area contributed by atoms with Crippen molar-refractivity contribution in [2.45, 2.75) is 6.92 Å². The van der Waals surface area contributed by atoms with Gasteiger partial charge in [0.05, 0.1) is 18.7 Å². The minimum absolute atomic E-state index is 0.0466. The summed E-state index contributed by atoms with van der Waals surface area (Å²) in [6.07, 6.45) is 1.62. The average molecular weight is 590 g/mol. The van der Waals surface area contributed by atoms with Crippen LogP contribution in [0.15, 0.2) is 47.1 Å². The van der Waals surface area contributed by atoms with E-state index >= 15 is 0 Å². The van der Waals surface area contributed by atoms with Crippen molar-refractivity contribution >= 4 is 68.8 Å². The van der Waals surface area contributed by atoms with E-state index in [0.717, 1.165) is 18.5 Å². The van der Waals surface area contributed by atoms with Gasteiger partial charge < -0.3 is 9.47 Å². The number of hydrogen-bond donors (Lipinski definition) is 0. The van der Waals surface area contributed by atoms with E-state index in [4.69, 9.17) is 9.47 Å². The van der Waals surface area contributed by atoms with Gasteiger partial charge in [0.15, 0.2) is 5.70 Å². The monoisotopic (exact) mass is 590 g/mol. The molecule has 0 amide bonds. The third kappa shape index (κ3) is 4.46. The maximum absolute atomic E-state index is 12.2. The Balaban J connectivity index is 1.95. The van der Waals surface area contributed by atoms with Crippen molar-refractivity contribution in [1.82, 2.24) is 0 Å². The van der Waals surface area contributed by atoms with Crippen LogP contribution in [0.4, 0.5) is 5.69 Å². The van der Waals surface area contributed by atoms with Crippen LogP contribution in [0.3, 0.4) is 0 Å². The lowest BCUT2D eigenvalue weighted by molar-refractivity contribution is -0.384. The number of nitro benzene ring substituents is 1. The van der Waals surface area contributed by atoms with E-state index in [1.54, 1.807) is 12.1 Å². The molecule has 0 fully saturated rings. The van der Waals surface area contributed by atoms with Crippen LogP contribution in [0.5, 0.6) is 5.75 Å². The van der Waals surface area contributed by atoms with Crippen molar-refractivity contribution in [1.29, 1.82) is 0 Å². The topological polar surface area (TPSA) is 91.0 Å². The quantitative estimate of drug-likeness (QED) is 0.168. The Morgan fingerprint density at radius 1 is 1.26 bits per heavy atom. The highest BCUT2D eigenvalue weighted by Crippen LogP contribution is 2.30. The predicted octanol–water partition coefficient (Wildman–Crippen LogP) is 4.55. The maximum atomic E-state index is 12.2. The van der Waals surface area contributed by atoms with E-state index in [-0.39, 0.29) is 17.3 Å². The summed E-state index contributed by atoms with van der Waals surface area (Å²) in [5.74, 6) is 0.247. The van der Waals surface area contributed by atoms with E-state index in [9.17, 15) is 14.9 Å². The number of nitrogens with zero attached hydrogens (tertiary/aromatic N) is 2. The Kier molecular flexibility index (Phi) is 6.09. The standard InChI is InChI=1S/C18H12I2N2O5/c1-2-26-16-13(19)6-10(7-14(16)20)8-15-18(23)27-17(21-15)11-4-3-5-12(9-11)22(24)25/h3-9H,2H2,1H3/b15-8-. The molecule has 1 aliphatic rings. The number of rotatable bonds is 5. The van der Waals surface area contributed by atoms with Crippen LogP contribution in [0, 0.1) is 17.3 Å². The number of benzene rings is 2. The first-order valence-electron chi connectivity index (χ1n) is 7.78. The van der Waals surface area contributed by atoms with Crippen molar-refractivity contribution in [2.75, 3.05) is 6.61 Å². The van der Waals surface area contributed by atoms with Crippen molar-refractivity contribution in [3.05, 3.63) is 70.5 Å². The SMILES string of the molecule is CCOc1c(I)cc(/C=C2\N=C(c3cccc([N+](=O)[O-])c3)OC2=O)cc1I. The van der Waals surface area contributed by atoms with Gasteiger partial charge in [0.2, 0.25) is 5.90 Å². The van der Waals surface area contributed by atoms with Crippen molar-refractivity contribution in [3.8, 4) is 5.75 Å². The lowest BCUT2D eigenvalue weighted by Gasteiger charge is -2.09. The minimum Gasteiger partial charge on any atom is -0.492 e. The summed E-state index contributed by atoms with van der Waals surface area (Å²) in [4.78, 5) is 26.8. The summed E-state index contributed by atoms with van der Waals surface area (Å²) in [5.41, 5.74) is 1.19. The summed E-state index contributed by atoms with van der Waals surface area (Å²) in [5, 5.41) is 10.9. The van der Waals surface area contributed by atoms with E-state index < -0.39 is 10.9 Å². The molecule has 138 valence electrons. The van der Waals surface area contributed by atoms with Crippen LogP contribution in [-0.2, 0) is 9.53 Å². The van der Waals surface area contributed by atoms with Crippen LogP contribution in [-0.4, -0.2) is 23.4 Å². The van der Waals surface area contributed by atoms with Gasteiger partial charge in [-0.3, -0.25) is 10.1 Å². The molecule has 0 N–H and O–H groups in total. The molecule has 1 heterocycles. The Morgan fingerprint density at radius 3 is 2.59 bits per heavy atom. The van der Waals surface area contributed by atoms with Crippen molar-refractivity contribution in [2.24, 2.45) is 4.99 Å². The molecule has 0 spiro atoms. The molecule has 0 aliphatic carbocycles. The summed E-state index contributed by atoms with van der Waals surface area (Å²) < 4.78 is 12.6. The number of aliphatic imine (C=N–C) groups is 1. The van der Waals surface area contributed by atoms with Crippen LogP contribution in [0.2, 0.25) is 0 Å². The molecule has 3 rings (SSSR count). The number of nitro groups is 1. The number of carbonyl (C=O) groups is 1. The Bertz CT molecular complexity index is 978. The molecule has 0 radical (unpaired) electrons. The van der Waals surface area contributed by atoms with Gasteiger partial charge in [-0.15, -0.1) is 0 Å². The molecule has 0 aromatic heterocycles. The molecule has 0 saturated carbocycles. The van der Waals surface area contributed by atoms with Gasteiger partial charge in [-0.1, -0.05) is 6.07 Å². The molecule has 0 unspecified atom stereocenters. The molecule has 2 aromatic rings. The molecular weight excluding hydrogens is 578 g/mol. The largest absolute Gasteiger partial charge is 0.492 e. The fourth-order valence-electron chi connectivity index (χ4n) is 2.39. The van der Waals surface area contributed by atoms with Crippen LogP contribution >= 0.6 is 45.2 Å². The highest BCUT2D eigenvalue weighted by molar-refractivity contribution is 14.1. The predicted molar refractivity (Wildman–Crippen MR) is 117 cm³/mol. The Labute approximate surface area is 181 Å². The fourth-order valence-corrected chi connectivity index (χ4v) is 4.52. The molecule has 27 heavy (non-hydrogen) atoms. The van der Waals surface area contributed by atoms with E-state index in [0.29, 0.717) is 12.2 Å². The number of carbonyl (C=O) groups excluding carboxylic acids is 1. The molecule has 0 bridgehead atoms. The zero-order valence-electron chi connectivity index (χ0n) is 13.9. The summed E-state index contributed by atoms with van der Waals surface area (Å²) in [6.45, 7) is 2.48. The first-order chi connectivity index (χ1) is 12.9. The van der Waals surface area contributed by atoms with Gasteiger partial charge in [-0.25, -0.2) is 9.79 Å². The zero-order chi connectivity index (χ0) is 19.6. The number of cyclic esters (lactones) is 1. The molecule has 1 aliphatic heterocycles. The number of esters is 1. The normalized spacial score (nSPS) is 14.9. The van der Waals surface area contributed by atoms with Crippen molar-refractivity contribution < 1.29 is 19.2 Å². The number of halogens is 2. The van der Waals surface area contributed by atoms with Gasteiger partial charge in [0.25, 0.3) is 5.69 Å². The van der Waals surface area contributed by atoms with E-state index in [1.807, 2.05) is 19.1 Å². The second kappa shape index (κ2) is 8.33. The number of ether oxygens (including phenoxy) is 2. The first-order valence-corrected chi connectivity index (χ1v) is 9.94. The summed E-state index contributed by atoms with van der Waals surface area (Å²) in [7, 11) is 0. The zero-order valence-corrected chi connectivity index (χ0v) is 18.3. The van der Waals surface area contributed by atoms with Gasteiger partial charge in [0.1, 0.15) is 5.75 Å². The number of non-ortho nitro benzene ring substituents is 1. The minimum atomic E-state index is -0.601. The van der Waals surface area contributed by atoms with Gasteiger partial charge >= 0.3 is 5.97 Å². The Hall–Kier alpha value is -2.02. The highest BCUT2D eigenvalue weighted by atomic mass is 127. The molecule has 9 heteroatoms. The third-order valence-electron chi connectivity index (χ3n) is 3.54. The average Bonchev–Trinajstić information content (AvgIpc) is 2.99. The van der Waals surface area contributed by atoms with Crippen LogP contribution < -0.4 is 4.74 Å².